The second-order valence-corrected chi connectivity index (χ2v) is 5.00. The second-order valence-electron chi connectivity index (χ2n) is 5.00. The molecule has 0 saturated carbocycles. The molecule has 2 heteroatoms. The molecule has 0 atom stereocenters. The Kier molecular flexibility index (Phi) is 3.84. The van der Waals surface area contributed by atoms with Gasteiger partial charge in [0.15, 0.2) is 0 Å². The van der Waals surface area contributed by atoms with E-state index >= 15 is 0 Å². The van der Waals surface area contributed by atoms with Gasteiger partial charge in [-0.25, -0.2) is 0 Å². The van der Waals surface area contributed by atoms with Gasteiger partial charge in [0.05, 0.1) is 12.8 Å². The van der Waals surface area contributed by atoms with E-state index in [0.29, 0.717) is 0 Å². The van der Waals surface area contributed by atoms with E-state index in [1.807, 2.05) is 6.07 Å². The third-order valence-corrected chi connectivity index (χ3v) is 3.52. The van der Waals surface area contributed by atoms with Crippen molar-refractivity contribution in [1.29, 1.82) is 0 Å². The second kappa shape index (κ2) is 5.93. The smallest absolute Gasteiger partial charge is 0.125 e. The molecule has 0 aliphatic carbocycles. The molecule has 2 aromatic carbocycles. The van der Waals surface area contributed by atoms with Crippen molar-refractivity contribution in [3.8, 4) is 11.1 Å². The molecule has 0 bridgehead atoms. The van der Waals surface area contributed by atoms with Crippen LogP contribution in [0.5, 0.6) is 0 Å². The molecule has 0 aliphatic heterocycles. The van der Waals surface area contributed by atoms with Gasteiger partial charge in [0.25, 0.3) is 0 Å². The molecule has 1 heterocycles. The number of hydrogen-bond acceptors (Lipinski definition) is 2. The third kappa shape index (κ3) is 2.61. The van der Waals surface area contributed by atoms with Gasteiger partial charge < -0.3 is 9.73 Å². The van der Waals surface area contributed by atoms with Crippen molar-refractivity contribution in [2.24, 2.45) is 0 Å². The minimum atomic E-state index is 0.781. The first-order chi connectivity index (χ1) is 9.88. The monoisotopic (exact) mass is 265 g/mol. The number of nitrogens with one attached hydrogen (secondary N) is 1. The predicted octanol–water partition coefficient (Wildman–Crippen LogP) is 4.60. The van der Waals surface area contributed by atoms with Crippen LogP contribution in [0.4, 0.5) is 0 Å². The normalized spacial score (nSPS) is 11.1. The minimum absolute atomic E-state index is 0.781. The Morgan fingerprint density at radius 1 is 1.00 bits per heavy atom. The highest BCUT2D eigenvalue weighted by Crippen LogP contribution is 2.28. The molecule has 102 valence electrons. The lowest BCUT2D eigenvalue weighted by atomic mass is 10.0. The van der Waals surface area contributed by atoms with E-state index in [4.69, 9.17) is 4.42 Å². The Labute approximate surface area is 119 Å². The van der Waals surface area contributed by atoms with Crippen molar-refractivity contribution in [2.45, 2.75) is 19.9 Å². The van der Waals surface area contributed by atoms with Gasteiger partial charge in [-0.3, -0.25) is 0 Å². The number of fused-ring (bicyclic) bond motifs is 1. The van der Waals surface area contributed by atoms with Crippen LogP contribution in [-0.4, -0.2) is 6.54 Å². The molecular weight excluding hydrogens is 246 g/mol. The van der Waals surface area contributed by atoms with Gasteiger partial charge in [-0.15, -0.1) is 0 Å². The predicted molar refractivity (Wildman–Crippen MR) is 83.6 cm³/mol. The SMILES string of the molecule is CCCNCc1occc1-c1ccc2ccccc2c1. The summed E-state index contributed by atoms with van der Waals surface area (Å²) >= 11 is 0. The number of benzene rings is 2. The Bertz CT molecular complexity index is 699. The largest absolute Gasteiger partial charge is 0.467 e. The maximum Gasteiger partial charge on any atom is 0.125 e. The molecule has 0 spiro atoms. The van der Waals surface area contributed by atoms with E-state index in [9.17, 15) is 0 Å². The molecule has 1 aromatic heterocycles. The zero-order valence-corrected chi connectivity index (χ0v) is 11.7. The van der Waals surface area contributed by atoms with Crippen LogP contribution in [0.15, 0.2) is 59.2 Å². The number of furan rings is 1. The summed E-state index contributed by atoms with van der Waals surface area (Å²) in [5.41, 5.74) is 2.39. The van der Waals surface area contributed by atoms with E-state index in [1.54, 1.807) is 6.26 Å². The minimum Gasteiger partial charge on any atom is -0.467 e. The van der Waals surface area contributed by atoms with Gasteiger partial charge >= 0.3 is 0 Å². The lowest BCUT2D eigenvalue weighted by molar-refractivity contribution is 0.484. The highest BCUT2D eigenvalue weighted by Gasteiger charge is 2.08. The molecule has 0 fully saturated rings. The van der Waals surface area contributed by atoms with Gasteiger partial charge in [-0.2, -0.15) is 0 Å². The maximum atomic E-state index is 5.62. The maximum absolute atomic E-state index is 5.62. The van der Waals surface area contributed by atoms with Crippen LogP contribution < -0.4 is 5.32 Å². The summed E-state index contributed by atoms with van der Waals surface area (Å²) in [5, 5.41) is 5.92. The summed E-state index contributed by atoms with van der Waals surface area (Å²) in [6.45, 7) is 3.96. The van der Waals surface area contributed by atoms with Crippen LogP contribution in [0.25, 0.3) is 21.9 Å². The first kappa shape index (κ1) is 12.9. The fraction of sp³-hybridized carbons (Fsp3) is 0.222. The van der Waals surface area contributed by atoms with E-state index in [2.05, 4.69) is 54.7 Å². The van der Waals surface area contributed by atoms with E-state index in [1.165, 1.54) is 21.9 Å². The van der Waals surface area contributed by atoms with Crippen molar-refractivity contribution in [3.05, 3.63) is 60.6 Å². The van der Waals surface area contributed by atoms with Gasteiger partial charge in [-0.1, -0.05) is 43.3 Å². The van der Waals surface area contributed by atoms with E-state index < -0.39 is 0 Å². The lowest BCUT2D eigenvalue weighted by Gasteiger charge is -2.06. The zero-order valence-electron chi connectivity index (χ0n) is 11.7. The number of hydrogen-bond donors (Lipinski definition) is 1. The van der Waals surface area contributed by atoms with Gasteiger partial charge in [0.1, 0.15) is 5.76 Å². The summed E-state index contributed by atoms with van der Waals surface area (Å²) in [4.78, 5) is 0. The summed E-state index contributed by atoms with van der Waals surface area (Å²) in [7, 11) is 0. The molecule has 3 rings (SSSR count). The Balaban J connectivity index is 1.92. The molecule has 3 aromatic rings. The van der Waals surface area contributed by atoms with Crippen LogP contribution in [0.3, 0.4) is 0 Å². The number of rotatable bonds is 5. The molecule has 0 saturated heterocycles. The average molecular weight is 265 g/mol. The fourth-order valence-corrected chi connectivity index (χ4v) is 2.47. The van der Waals surface area contributed by atoms with Gasteiger partial charge in [0.2, 0.25) is 0 Å². The van der Waals surface area contributed by atoms with Crippen molar-refractivity contribution in [2.75, 3.05) is 6.54 Å². The van der Waals surface area contributed by atoms with Crippen LogP contribution in [0.2, 0.25) is 0 Å². The molecule has 1 N–H and O–H groups in total. The lowest BCUT2D eigenvalue weighted by Crippen LogP contribution is -2.13. The summed E-state index contributed by atoms with van der Waals surface area (Å²) < 4.78 is 5.62. The van der Waals surface area contributed by atoms with Crippen LogP contribution >= 0.6 is 0 Å². The Hall–Kier alpha value is -2.06. The molecule has 0 amide bonds. The van der Waals surface area contributed by atoms with E-state index in [-0.39, 0.29) is 0 Å². The third-order valence-electron chi connectivity index (χ3n) is 3.52. The van der Waals surface area contributed by atoms with Crippen LogP contribution in [-0.2, 0) is 6.54 Å². The Morgan fingerprint density at radius 3 is 2.70 bits per heavy atom. The van der Waals surface area contributed by atoms with Crippen molar-refractivity contribution in [1.82, 2.24) is 5.32 Å². The summed E-state index contributed by atoms with van der Waals surface area (Å²) in [6, 6.07) is 17.0. The topological polar surface area (TPSA) is 25.2 Å². The summed E-state index contributed by atoms with van der Waals surface area (Å²) in [6.07, 6.45) is 2.90. The molecule has 0 aliphatic rings. The van der Waals surface area contributed by atoms with E-state index in [0.717, 1.165) is 25.3 Å². The first-order valence-electron chi connectivity index (χ1n) is 7.14. The highest BCUT2D eigenvalue weighted by molar-refractivity contribution is 5.87. The van der Waals surface area contributed by atoms with Gasteiger partial charge in [0, 0.05) is 5.56 Å². The standard InChI is InChI=1S/C18H19NO/c1-2-10-19-13-18-17(9-11-20-18)16-8-7-14-5-3-4-6-15(14)12-16/h3-9,11-12,19H,2,10,13H2,1H3. The Morgan fingerprint density at radius 2 is 1.85 bits per heavy atom. The summed E-state index contributed by atoms with van der Waals surface area (Å²) in [5.74, 6) is 1.01. The molecule has 0 radical (unpaired) electrons. The molecular formula is C18H19NO. The average Bonchev–Trinajstić information content (AvgIpc) is 2.95. The van der Waals surface area contributed by atoms with Crippen molar-refractivity contribution >= 4 is 10.8 Å². The molecule has 2 nitrogen and oxygen atoms in total. The first-order valence-corrected chi connectivity index (χ1v) is 7.14. The van der Waals surface area contributed by atoms with Crippen molar-refractivity contribution < 1.29 is 4.42 Å². The van der Waals surface area contributed by atoms with Crippen LogP contribution in [0, 0.1) is 0 Å². The fourth-order valence-electron chi connectivity index (χ4n) is 2.47. The quantitative estimate of drug-likeness (QED) is 0.682. The highest BCUT2D eigenvalue weighted by atomic mass is 16.3. The molecule has 0 unspecified atom stereocenters. The van der Waals surface area contributed by atoms with Gasteiger partial charge in [-0.05, 0) is 41.4 Å². The molecule has 20 heavy (non-hydrogen) atoms. The van der Waals surface area contributed by atoms with Crippen molar-refractivity contribution in [3.63, 3.8) is 0 Å². The van der Waals surface area contributed by atoms with Crippen LogP contribution in [0.1, 0.15) is 19.1 Å². The zero-order chi connectivity index (χ0) is 13.8.